The van der Waals surface area contributed by atoms with Crippen molar-refractivity contribution in [1.82, 2.24) is 4.72 Å². The minimum absolute atomic E-state index is 0.112. The van der Waals surface area contributed by atoms with Gasteiger partial charge >= 0.3 is 23.9 Å². The van der Waals surface area contributed by atoms with Gasteiger partial charge in [-0.3, -0.25) is 19.2 Å². The number of ether oxygens (including phenoxy) is 9. The topological polar surface area (TPSA) is 215 Å². The molecular formula is C28H39NO16S. The molecule has 1 aliphatic rings. The highest BCUT2D eigenvalue weighted by Gasteiger charge is 2.52. The summed E-state index contributed by atoms with van der Waals surface area (Å²) in [6.07, 6.45) is -12.2. The number of ketones is 1. The fourth-order valence-corrected chi connectivity index (χ4v) is 5.63. The third-order valence-electron chi connectivity index (χ3n) is 6.58. The zero-order chi connectivity index (χ0) is 34.8. The molecule has 1 aliphatic heterocycles. The van der Waals surface area contributed by atoms with Gasteiger partial charge < -0.3 is 42.6 Å². The van der Waals surface area contributed by atoms with Crippen molar-refractivity contribution in [2.24, 2.45) is 0 Å². The molecule has 1 N–H and O–H groups in total. The molecule has 1 saturated heterocycles. The van der Waals surface area contributed by atoms with Crippen LogP contribution in [0.3, 0.4) is 0 Å². The molecule has 0 radical (unpaired) electrons. The Kier molecular flexibility index (Phi) is 14.5. The van der Waals surface area contributed by atoms with E-state index in [0.717, 1.165) is 27.7 Å². The number of methoxy groups -OCH3 is 4. The molecule has 0 aromatic heterocycles. The van der Waals surface area contributed by atoms with Gasteiger partial charge in [-0.2, -0.15) is 0 Å². The van der Waals surface area contributed by atoms with E-state index in [1.54, 1.807) is 0 Å². The lowest BCUT2D eigenvalue weighted by atomic mass is 9.97. The van der Waals surface area contributed by atoms with E-state index >= 15 is 0 Å². The smallest absolute Gasteiger partial charge is 0.352 e. The summed E-state index contributed by atoms with van der Waals surface area (Å²) >= 11 is 0. The molecule has 2 rings (SSSR count). The molecule has 17 nitrogen and oxygen atoms in total. The molecule has 1 aromatic carbocycles. The van der Waals surface area contributed by atoms with Gasteiger partial charge in [-0.05, 0) is 31.2 Å². The third-order valence-corrected chi connectivity index (χ3v) is 8.02. The Balaban J connectivity index is 2.52. The normalized spacial score (nSPS) is 23.3. The third kappa shape index (κ3) is 10.2. The van der Waals surface area contributed by atoms with Crippen molar-refractivity contribution in [1.29, 1.82) is 0 Å². The zero-order valence-corrected chi connectivity index (χ0v) is 27.4. The summed E-state index contributed by atoms with van der Waals surface area (Å²) in [6, 6.07) is 5.51. The van der Waals surface area contributed by atoms with Crippen LogP contribution in [0.15, 0.2) is 29.2 Å². The number of hydrogen-bond acceptors (Lipinski definition) is 16. The second kappa shape index (κ2) is 17.3. The van der Waals surface area contributed by atoms with Crippen molar-refractivity contribution in [3.8, 4) is 5.75 Å². The minimum atomic E-state index is -4.15. The summed E-state index contributed by atoms with van der Waals surface area (Å²) in [5.41, 5.74) is 0. The number of benzene rings is 1. The average molecular weight is 678 g/mol. The first-order valence-electron chi connectivity index (χ1n) is 13.7. The molecule has 1 heterocycles. The van der Waals surface area contributed by atoms with E-state index in [4.69, 9.17) is 42.6 Å². The molecule has 258 valence electrons. The minimum Gasteiger partial charge on any atom is -0.497 e. The first-order chi connectivity index (χ1) is 21.6. The predicted molar refractivity (Wildman–Crippen MR) is 153 cm³/mol. The van der Waals surface area contributed by atoms with Crippen molar-refractivity contribution in [2.75, 3.05) is 35.0 Å². The van der Waals surface area contributed by atoms with Crippen LogP contribution >= 0.6 is 0 Å². The van der Waals surface area contributed by atoms with Gasteiger partial charge in [0, 0.05) is 48.6 Å². The molecular weight excluding hydrogens is 638 g/mol. The first-order valence-corrected chi connectivity index (χ1v) is 15.2. The average Bonchev–Trinajstić information content (AvgIpc) is 2.99. The molecule has 0 aliphatic carbocycles. The van der Waals surface area contributed by atoms with Crippen LogP contribution in [0.2, 0.25) is 0 Å². The van der Waals surface area contributed by atoms with E-state index in [0.29, 0.717) is 5.75 Å². The van der Waals surface area contributed by atoms with E-state index in [-0.39, 0.29) is 4.90 Å². The Morgan fingerprint density at radius 2 is 1.30 bits per heavy atom. The number of Topliss-reactive ketones (excluding diaryl/α,β-unsaturated/α-hetero) is 1. The van der Waals surface area contributed by atoms with Crippen LogP contribution < -0.4 is 9.46 Å². The molecule has 0 spiro atoms. The Morgan fingerprint density at radius 3 is 1.76 bits per heavy atom. The van der Waals surface area contributed by atoms with Gasteiger partial charge in [-0.25, -0.2) is 17.9 Å². The summed E-state index contributed by atoms with van der Waals surface area (Å²) in [6.45, 7) is 3.34. The van der Waals surface area contributed by atoms with Crippen LogP contribution in [0.1, 0.15) is 27.7 Å². The van der Waals surface area contributed by atoms with Crippen molar-refractivity contribution in [3.63, 3.8) is 0 Å². The van der Waals surface area contributed by atoms with Gasteiger partial charge in [0.25, 0.3) is 0 Å². The van der Waals surface area contributed by atoms with E-state index in [1.165, 1.54) is 52.7 Å². The number of rotatable bonds is 16. The summed E-state index contributed by atoms with van der Waals surface area (Å²) < 4.78 is 76.9. The lowest BCUT2D eigenvalue weighted by molar-refractivity contribution is -0.301. The maximum absolute atomic E-state index is 13.7. The Morgan fingerprint density at radius 1 is 0.761 bits per heavy atom. The standard InChI is InChI=1S/C28H39NO16S/c1-14(30)21(41-15(2)31)24(42-16(3)32)25(43-17(4)33)27(34)45-22-20(44-28(40-8)26(39-7)23(22)38-6)13-29-46(35,36)19-11-9-18(37-5)10-12-19/h9-12,20-26,28-29H,13H2,1-8H3/t20-,21+,22+,23+,24-,25-,26-,28+/m1/s1. The highest BCUT2D eigenvalue weighted by molar-refractivity contribution is 7.89. The Hall–Kier alpha value is -3.68. The SMILES string of the molecule is COc1ccc(S(=O)(=O)NC[C@H]2O[C@H](OC)[C@H](OC)[C@@H](OC)[C@H]2OC(=O)[C@H](OC(C)=O)[C@H](OC(C)=O)[C@@H](OC(C)=O)C(C)=O)cc1. The van der Waals surface area contributed by atoms with Crippen LogP contribution in [0.25, 0.3) is 0 Å². The van der Waals surface area contributed by atoms with Gasteiger partial charge in [-0.1, -0.05) is 0 Å². The molecule has 46 heavy (non-hydrogen) atoms. The number of hydrogen-bond donors (Lipinski definition) is 1. The summed E-state index contributed by atoms with van der Waals surface area (Å²) in [4.78, 5) is 61.9. The van der Waals surface area contributed by atoms with Crippen LogP contribution in [-0.4, -0.2) is 122 Å². The highest BCUT2D eigenvalue weighted by Crippen LogP contribution is 2.29. The lowest BCUT2D eigenvalue weighted by Gasteiger charge is -2.44. The Bertz CT molecular complexity index is 1330. The molecule has 8 atom stereocenters. The molecule has 1 aromatic rings. The number of carbonyl (C=O) groups is 5. The molecule has 0 saturated carbocycles. The van der Waals surface area contributed by atoms with Gasteiger partial charge in [0.2, 0.25) is 22.2 Å². The quantitative estimate of drug-likeness (QED) is 0.175. The molecule has 1 fully saturated rings. The fourth-order valence-electron chi connectivity index (χ4n) is 4.58. The zero-order valence-electron chi connectivity index (χ0n) is 26.6. The fraction of sp³-hybridized carbons (Fsp3) is 0.607. The van der Waals surface area contributed by atoms with Crippen molar-refractivity contribution < 1.29 is 75.0 Å². The van der Waals surface area contributed by atoms with Crippen molar-refractivity contribution >= 4 is 39.7 Å². The van der Waals surface area contributed by atoms with E-state index in [9.17, 15) is 32.4 Å². The monoisotopic (exact) mass is 677 g/mol. The first kappa shape index (κ1) is 38.5. The van der Waals surface area contributed by atoms with Crippen molar-refractivity contribution in [3.05, 3.63) is 24.3 Å². The number of carbonyl (C=O) groups excluding carboxylic acids is 5. The predicted octanol–water partition coefficient (Wildman–Crippen LogP) is -0.329. The second-order valence-corrected chi connectivity index (χ2v) is 11.6. The largest absolute Gasteiger partial charge is 0.497 e. The van der Waals surface area contributed by atoms with Crippen LogP contribution in [0, 0.1) is 0 Å². The van der Waals surface area contributed by atoms with Crippen LogP contribution in [0.4, 0.5) is 0 Å². The maximum Gasteiger partial charge on any atom is 0.352 e. The summed E-state index contributed by atoms with van der Waals surface area (Å²) in [5, 5.41) is 0. The van der Waals surface area contributed by atoms with Crippen LogP contribution in [0.5, 0.6) is 5.75 Å². The Labute approximate surface area is 266 Å². The molecule has 18 heteroatoms. The van der Waals surface area contributed by atoms with Gasteiger partial charge in [0.1, 0.15) is 24.1 Å². The number of sulfonamides is 1. The molecule has 0 amide bonds. The van der Waals surface area contributed by atoms with Gasteiger partial charge in [-0.15, -0.1) is 0 Å². The number of esters is 4. The molecule has 0 bridgehead atoms. The lowest BCUT2D eigenvalue weighted by Crippen LogP contribution is -2.63. The molecule has 0 unspecified atom stereocenters. The van der Waals surface area contributed by atoms with E-state index in [1.807, 2.05) is 0 Å². The van der Waals surface area contributed by atoms with E-state index in [2.05, 4.69) is 4.72 Å². The van der Waals surface area contributed by atoms with E-state index < -0.39 is 95.2 Å². The van der Waals surface area contributed by atoms with Gasteiger partial charge in [0.15, 0.2) is 24.3 Å². The maximum atomic E-state index is 13.7. The van der Waals surface area contributed by atoms with Crippen molar-refractivity contribution in [2.45, 2.75) is 81.6 Å². The van der Waals surface area contributed by atoms with Gasteiger partial charge in [0.05, 0.1) is 12.0 Å². The highest BCUT2D eigenvalue weighted by atomic mass is 32.2. The van der Waals surface area contributed by atoms with Crippen LogP contribution in [-0.2, 0) is 71.9 Å². The number of nitrogens with one attached hydrogen (secondary N) is 1. The summed E-state index contributed by atoms with van der Waals surface area (Å²) in [5.74, 6) is -4.85. The second-order valence-electron chi connectivity index (χ2n) is 9.85. The summed E-state index contributed by atoms with van der Waals surface area (Å²) in [7, 11) is 1.13.